The number of amides is 1. The molecule has 0 bridgehead atoms. The molecule has 1 rings (SSSR count). The van der Waals surface area contributed by atoms with E-state index in [4.69, 9.17) is 15.6 Å². The van der Waals surface area contributed by atoms with Crippen molar-refractivity contribution < 1.29 is 29.0 Å². The van der Waals surface area contributed by atoms with Gasteiger partial charge in [-0.15, -0.1) is 0 Å². The van der Waals surface area contributed by atoms with E-state index in [2.05, 4.69) is 5.32 Å². The maximum Gasteiger partial charge on any atom is 0.328 e. The number of aliphatic carboxylic acids is 1. The van der Waals surface area contributed by atoms with Crippen LogP contribution >= 0.6 is 0 Å². The second-order valence-electron chi connectivity index (χ2n) is 4.51. The van der Waals surface area contributed by atoms with Crippen molar-refractivity contribution in [1.82, 2.24) is 5.32 Å². The number of hydrogen-bond acceptors (Lipinski definition) is 6. The monoisotopic (exact) mass is 308 g/mol. The number of nitrogens with two attached hydrogens (primary N) is 1. The number of nitrogens with one attached hydrogen (secondary N) is 1. The summed E-state index contributed by atoms with van der Waals surface area (Å²) >= 11 is 0. The lowest BCUT2D eigenvalue weighted by atomic mass is 10.0. The smallest absolute Gasteiger partial charge is 0.328 e. The average Bonchev–Trinajstić information content (AvgIpc) is 2.46. The van der Waals surface area contributed by atoms with Gasteiger partial charge in [0.2, 0.25) is 6.41 Å². The van der Waals surface area contributed by atoms with Crippen LogP contribution in [0.1, 0.15) is 23.7 Å². The topological polar surface area (TPSA) is 136 Å². The van der Waals surface area contributed by atoms with Crippen molar-refractivity contribution in [1.29, 1.82) is 0 Å². The lowest BCUT2D eigenvalue weighted by molar-refractivity contribution is -0.137. The molecule has 0 heterocycles. The van der Waals surface area contributed by atoms with E-state index in [0.717, 1.165) is 0 Å². The largest absolute Gasteiger partial charge is 0.481 e. The van der Waals surface area contributed by atoms with Crippen LogP contribution in [-0.4, -0.2) is 41.3 Å². The van der Waals surface area contributed by atoms with E-state index >= 15 is 0 Å². The first-order chi connectivity index (χ1) is 10.4. The highest BCUT2D eigenvalue weighted by Gasteiger charge is 2.26. The Hall–Kier alpha value is -2.74. The molecule has 1 aromatic carbocycles. The van der Waals surface area contributed by atoms with Crippen LogP contribution in [0.5, 0.6) is 5.75 Å². The third-order valence-corrected chi connectivity index (χ3v) is 2.70. The highest BCUT2D eigenvalue weighted by Crippen LogP contribution is 2.21. The maximum atomic E-state index is 12.3. The van der Waals surface area contributed by atoms with E-state index in [-0.39, 0.29) is 17.7 Å². The van der Waals surface area contributed by atoms with Gasteiger partial charge < -0.3 is 20.9 Å². The molecule has 0 aliphatic rings. The number of carboxylic acid groups (broad SMARTS) is 1. The number of benzene rings is 1. The first kappa shape index (κ1) is 17.3. The summed E-state index contributed by atoms with van der Waals surface area (Å²) in [6.45, 7) is 1.42. The third-order valence-electron chi connectivity index (χ3n) is 2.70. The van der Waals surface area contributed by atoms with E-state index in [9.17, 15) is 19.2 Å². The molecule has 0 saturated heterocycles. The van der Waals surface area contributed by atoms with Crippen LogP contribution in [0.25, 0.3) is 0 Å². The molecular weight excluding hydrogens is 292 g/mol. The fraction of sp³-hybridized carbons (Fsp3) is 0.286. The van der Waals surface area contributed by atoms with Crippen LogP contribution in [0, 0.1) is 0 Å². The van der Waals surface area contributed by atoms with Crippen LogP contribution < -0.4 is 15.8 Å². The Bertz CT molecular complexity index is 584. The molecule has 8 nitrogen and oxygen atoms in total. The second kappa shape index (κ2) is 7.89. The minimum absolute atomic E-state index is 0.0166. The summed E-state index contributed by atoms with van der Waals surface area (Å²) in [7, 11) is 0. The molecule has 22 heavy (non-hydrogen) atoms. The number of carboxylic acids is 1. The molecule has 0 aliphatic carbocycles. The van der Waals surface area contributed by atoms with Gasteiger partial charge in [-0.05, 0) is 19.1 Å². The van der Waals surface area contributed by atoms with Gasteiger partial charge >= 0.3 is 11.9 Å². The fourth-order valence-corrected chi connectivity index (χ4v) is 1.63. The van der Waals surface area contributed by atoms with Crippen molar-refractivity contribution in [2.75, 3.05) is 0 Å². The minimum atomic E-state index is -1.26. The van der Waals surface area contributed by atoms with Crippen LogP contribution in [0.2, 0.25) is 0 Å². The summed E-state index contributed by atoms with van der Waals surface area (Å²) < 4.78 is 5.01. The van der Waals surface area contributed by atoms with Gasteiger partial charge in [-0.25, -0.2) is 4.79 Å². The molecule has 2 atom stereocenters. The van der Waals surface area contributed by atoms with E-state index in [0.29, 0.717) is 0 Å². The van der Waals surface area contributed by atoms with Crippen molar-refractivity contribution in [3.63, 3.8) is 0 Å². The van der Waals surface area contributed by atoms with Crippen molar-refractivity contribution in [3.8, 4) is 5.75 Å². The number of carbonyl (C=O) groups is 4. The summed E-state index contributed by atoms with van der Waals surface area (Å²) in [5, 5.41) is 10.9. The molecule has 0 spiro atoms. The van der Waals surface area contributed by atoms with Gasteiger partial charge in [-0.3, -0.25) is 14.4 Å². The van der Waals surface area contributed by atoms with Crippen LogP contribution in [0.15, 0.2) is 24.3 Å². The predicted molar refractivity (Wildman–Crippen MR) is 75.3 cm³/mol. The highest BCUT2D eigenvalue weighted by molar-refractivity contribution is 6.05. The zero-order valence-corrected chi connectivity index (χ0v) is 11.8. The molecule has 1 aromatic rings. The van der Waals surface area contributed by atoms with Gasteiger partial charge in [-0.2, -0.15) is 0 Å². The Balaban J connectivity index is 3.07. The number of rotatable bonds is 8. The third kappa shape index (κ3) is 4.67. The van der Waals surface area contributed by atoms with Gasteiger partial charge in [-0.1, -0.05) is 12.1 Å². The zero-order chi connectivity index (χ0) is 16.7. The Morgan fingerprint density at radius 3 is 2.55 bits per heavy atom. The second-order valence-corrected chi connectivity index (χ2v) is 4.51. The van der Waals surface area contributed by atoms with Crippen LogP contribution in [0.4, 0.5) is 0 Å². The van der Waals surface area contributed by atoms with E-state index in [1.165, 1.54) is 25.1 Å². The minimum Gasteiger partial charge on any atom is -0.481 e. The van der Waals surface area contributed by atoms with E-state index in [1.54, 1.807) is 6.07 Å². The van der Waals surface area contributed by atoms with Crippen LogP contribution in [0.3, 0.4) is 0 Å². The maximum absolute atomic E-state index is 12.3. The number of esters is 1. The molecule has 8 heteroatoms. The number of hydrogen-bond donors (Lipinski definition) is 3. The molecule has 0 unspecified atom stereocenters. The van der Waals surface area contributed by atoms with Gasteiger partial charge in [0.25, 0.3) is 0 Å². The van der Waals surface area contributed by atoms with Gasteiger partial charge in [0.15, 0.2) is 5.78 Å². The standard InChI is InChI=1S/C14H16N2O6/c1-8(15)14(21)22-11-5-3-2-4-9(11)13(20)10(16-7-17)6-12(18)19/h2-5,7-8,10H,6,15H2,1H3,(H,16,17)(H,18,19)/t8-,10-/m0/s1. The molecule has 0 fully saturated rings. The fourth-order valence-electron chi connectivity index (χ4n) is 1.63. The molecular formula is C14H16N2O6. The SMILES string of the molecule is C[C@H](N)C(=O)Oc1ccccc1C(=O)[C@H](CC(=O)O)NC=O. The zero-order valence-electron chi connectivity index (χ0n) is 11.8. The quantitative estimate of drug-likeness (QED) is 0.260. The van der Waals surface area contributed by atoms with Crippen molar-refractivity contribution in [3.05, 3.63) is 29.8 Å². The Morgan fingerprint density at radius 2 is 2.00 bits per heavy atom. The number of ketones is 1. The first-order valence-corrected chi connectivity index (χ1v) is 6.38. The lowest BCUT2D eigenvalue weighted by Gasteiger charge is -2.15. The molecule has 0 saturated carbocycles. The number of Topliss-reactive ketones (excluding diaryl/α,β-unsaturated/α-hetero) is 1. The Morgan fingerprint density at radius 1 is 1.36 bits per heavy atom. The normalized spacial score (nSPS) is 12.8. The summed E-state index contributed by atoms with van der Waals surface area (Å²) in [6.07, 6.45) is -0.352. The Labute approximate surface area is 126 Å². The molecule has 1 amide bonds. The summed E-state index contributed by atoms with van der Waals surface area (Å²) in [5.41, 5.74) is 5.37. The average molecular weight is 308 g/mol. The van der Waals surface area contributed by atoms with Crippen molar-refractivity contribution in [2.45, 2.75) is 25.4 Å². The molecule has 0 radical (unpaired) electrons. The molecule has 0 aliphatic heterocycles. The predicted octanol–water partition coefficient (Wildman–Crippen LogP) is -0.289. The molecule has 4 N–H and O–H groups in total. The van der Waals surface area contributed by atoms with Crippen molar-refractivity contribution >= 4 is 24.1 Å². The summed E-state index contributed by atoms with van der Waals surface area (Å²) in [6, 6.07) is 3.67. The number of para-hydroxylation sites is 1. The van der Waals surface area contributed by atoms with Gasteiger partial charge in [0.1, 0.15) is 17.8 Å². The van der Waals surface area contributed by atoms with Crippen LogP contribution in [-0.2, 0) is 14.4 Å². The van der Waals surface area contributed by atoms with Gasteiger partial charge in [0.05, 0.1) is 12.0 Å². The van der Waals surface area contributed by atoms with Crippen molar-refractivity contribution in [2.24, 2.45) is 5.73 Å². The summed E-state index contributed by atoms with van der Waals surface area (Å²) in [5.74, 6) is -2.71. The van der Waals surface area contributed by atoms with Gasteiger partial charge in [0, 0.05) is 0 Å². The van der Waals surface area contributed by atoms with E-state index < -0.39 is 36.2 Å². The van der Waals surface area contributed by atoms with E-state index in [1.807, 2.05) is 0 Å². The summed E-state index contributed by atoms with van der Waals surface area (Å²) in [4.78, 5) is 45.2. The first-order valence-electron chi connectivity index (χ1n) is 6.38. The number of carbonyl (C=O) groups excluding carboxylic acids is 3. The Kier molecular flexibility index (Phi) is 6.21. The molecule has 118 valence electrons. The molecule has 0 aromatic heterocycles. The lowest BCUT2D eigenvalue weighted by Crippen LogP contribution is -2.38. The highest BCUT2D eigenvalue weighted by atomic mass is 16.5. The number of ether oxygens (including phenoxy) is 1.